The van der Waals surface area contributed by atoms with Gasteiger partial charge in [0.25, 0.3) is 5.91 Å². The van der Waals surface area contributed by atoms with Crippen LogP contribution in [0.5, 0.6) is 0 Å². The van der Waals surface area contributed by atoms with E-state index in [1.807, 2.05) is 36.1 Å². The summed E-state index contributed by atoms with van der Waals surface area (Å²) in [4.78, 5) is 15.1. The molecule has 2 aromatic rings. The molecule has 1 saturated heterocycles. The van der Waals surface area contributed by atoms with Gasteiger partial charge in [0.1, 0.15) is 0 Å². The van der Waals surface area contributed by atoms with Crippen LogP contribution >= 0.6 is 0 Å². The molecule has 0 atom stereocenters. The van der Waals surface area contributed by atoms with Gasteiger partial charge < -0.3 is 14.8 Å². The number of piperidine rings is 1. The van der Waals surface area contributed by atoms with Crippen LogP contribution in [0.15, 0.2) is 36.4 Å². The van der Waals surface area contributed by atoms with Crippen LogP contribution in [-0.2, 0) is 0 Å². The van der Waals surface area contributed by atoms with Crippen molar-refractivity contribution >= 4 is 5.91 Å². The van der Waals surface area contributed by atoms with Crippen molar-refractivity contribution in [2.75, 3.05) is 26.2 Å². The highest BCUT2D eigenvalue weighted by Crippen LogP contribution is 2.24. The van der Waals surface area contributed by atoms with E-state index < -0.39 is 0 Å². The average Bonchev–Trinajstić information content (AvgIpc) is 2.95. The zero-order chi connectivity index (χ0) is 17.8. The Balaban J connectivity index is 1.74. The van der Waals surface area contributed by atoms with Crippen LogP contribution in [0.2, 0.25) is 0 Å². The summed E-state index contributed by atoms with van der Waals surface area (Å²) < 4.78 is 2.17. The van der Waals surface area contributed by atoms with Crippen molar-refractivity contribution in [2.24, 2.45) is 5.92 Å². The number of aromatic nitrogens is 1. The fourth-order valence-electron chi connectivity index (χ4n) is 3.81. The molecule has 0 spiro atoms. The molecule has 0 radical (unpaired) electrons. The molecular weight excluding hydrogens is 310 g/mol. The third-order valence-electron chi connectivity index (χ3n) is 5.26. The summed E-state index contributed by atoms with van der Waals surface area (Å²) in [6, 6.07) is 12.3. The molecule has 3 rings (SSSR count). The summed E-state index contributed by atoms with van der Waals surface area (Å²) >= 11 is 0. The SMILES string of the molecule is CCNCC1CCN(C(=O)c2cc(C)n(-c3ccccc3)c2C)CC1. The topological polar surface area (TPSA) is 37.3 Å². The van der Waals surface area contributed by atoms with Crippen LogP contribution in [0.3, 0.4) is 0 Å². The molecule has 25 heavy (non-hydrogen) atoms. The van der Waals surface area contributed by atoms with Crippen LogP contribution < -0.4 is 5.32 Å². The van der Waals surface area contributed by atoms with Crippen molar-refractivity contribution in [3.05, 3.63) is 53.3 Å². The van der Waals surface area contributed by atoms with Gasteiger partial charge in [-0.25, -0.2) is 0 Å². The standard InChI is InChI=1S/C21H29N3O/c1-4-22-15-18-10-12-23(13-11-18)21(25)20-14-16(2)24(17(20)3)19-8-6-5-7-9-19/h5-9,14,18,22H,4,10-13,15H2,1-3H3. The van der Waals surface area contributed by atoms with E-state index >= 15 is 0 Å². The fourth-order valence-corrected chi connectivity index (χ4v) is 3.81. The highest BCUT2D eigenvalue weighted by molar-refractivity contribution is 5.96. The molecule has 1 aromatic heterocycles. The number of likely N-dealkylation sites (tertiary alicyclic amines) is 1. The van der Waals surface area contributed by atoms with Crippen LogP contribution in [0.1, 0.15) is 41.5 Å². The Bertz CT molecular complexity index is 712. The van der Waals surface area contributed by atoms with Gasteiger partial charge in [0.15, 0.2) is 0 Å². The van der Waals surface area contributed by atoms with Gasteiger partial charge in [-0.1, -0.05) is 25.1 Å². The van der Waals surface area contributed by atoms with E-state index in [9.17, 15) is 4.79 Å². The molecule has 4 heteroatoms. The van der Waals surface area contributed by atoms with Crippen molar-refractivity contribution in [1.29, 1.82) is 0 Å². The lowest BCUT2D eigenvalue weighted by atomic mass is 9.96. The summed E-state index contributed by atoms with van der Waals surface area (Å²) in [6.45, 7) is 10.1. The number of hydrogen-bond donors (Lipinski definition) is 1. The maximum atomic E-state index is 13.0. The largest absolute Gasteiger partial charge is 0.339 e. The molecule has 0 unspecified atom stereocenters. The van der Waals surface area contributed by atoms with E-state index in [0.717, 1.165) is 61.7 Å². The fraction of sp³-hybridized carbons (Fsp3) is 0.476. The molecule has 4 nitrogen and oxygen atoms in total. The number of hydrogen-bond acceptors (Lipinski definition) is 2. The van der Waals surface area contributed by atoms with Crippen molar-refractivity contribution in [3.63, 3.8) is 0 Å². The Kier molecular flexibility index (Phi) is 5.59. The maximum Gasteiger partial charge on any atom is 0.255 e. The van der Waals surface area contributed by atoms with Gasteiger partial charge in [0, 0.05) is 30.2 Å². The lowest BCUT2D eigenvalue weighted by Crippen LogP contribution is -2.40. The number of carbonyl (C=O) groups is 1. The normalized spacial score (nSPS) is 15.6. The number of rotatable bonds is 5. The van der Waals surface area contributed by atoms with Crippen LogP contribution in [0, 0.1) is 19.8 Å². The Hall–Kier alpha value is -2.07. The molecule has 1 N–H and O–H groups in total. The van der Waals surface area contributed by atoms with E-state index in [2.05, 4.69) is 35.9 Å². The minimum absolute atomic E-state index is 0.178. The first-order chi connectivity index (χ1) is 12.1. The first-order valence-corrected chi connectivity index (χ1v) is 9.36. The van der Waals surface area contributed by atoms with Gasteiger partial charge >= 0.3 is 0 Å². The summed E-state index contributed by atoms with van der Waals surface area (Å²) in [5.41, 5.74) is 4.09. The first kappa shape index (κ1) is 17.7. The molecule has 0 bridgehead atoms. The molecule has 0 saturated carbocycles. The summed E-state index contributed by atoms with van der Waals surface area (Å²) in [7, 11) is 0. The Morgan fingerprint density at radius 3 is 2.48 bits per heavy atom. The second-order valence-electron chi connectivity index (χ2n) is 7.00. The minimum Gasteiger partial charge on any atom is -0.339 e. The van der Waals surface area contributed by atoms with Gasteiger partial charge in [0.2, 0.25) is 0 Å². The Labute approximate surface area is 150 Å². The first-order valence-electron chi connectivity index (χ1n) is 9.36. The monoisotopic (exact) mass is 339 g/mol. The number of aryl methyl sites for hydroxylation is 1. The summed E-state index contributed by atoms with van der Waals surface area (Å²) in [5, 5.41) is 3.43. The molecule has 1 amide bonds. The van der Waals surface area contributed by atoms with Crippen molar-refractivity contribution in [3.8, 4) is 5.69 Å². The maximum absolute atomic E-state index is 13.0. The van der Waals surface area contributed by atoms with Gasteiger partial charge in [-0.05, 0) is 63.9 Å². The predicted molar refractivity (Wildman–Crippen MR) is 102 cm³/mol. The van der Waals surface area contributed by atoms with E-state index in [1.165, 1.54) is 0 Å². The molecule has 2 heterocycles. The minimum atomic E-state index is 0.178. The number of amides is 1. The van der Waals surface area contributed by atoms with Gasteiger partial charge in [-0.15, -0.1) is 0 Å². The quantitative estimate of drug-likeness (QED) is 0.904. The predicted octanol–water partition coefficient (Wildman–Crippen LogP) is 3.56. The Morgan fingerprint density at radius 1 is 1.16 bits per heavy atom. The molecule has 0 aliphatic carbocycles. The molecule has 134 valence electrons. The van der Waals surface area contributed by atoms with E-state index in [-0.39, 0.29) is 5.91 Å². The number of carbonyl (C=O) groups excluding carboxylic acids is 1. The molecule has 1 aliphatic rings. The highest BCUT2D eigenvalue weighted by atomic mass is 16.2. The van der Waals surface area contributed by atoms with Gasteiger partial charge in [0.05, 0.1) is 5.56 Å². The van der Waals surface area contributed by atoms with E-state index in [0.29, 0.717) is 5.92 Å². The van der Waals surface area contributed by atoms with Crippen LogP contribution in [0.25, 0.3) is 5.69 Å². The van der Waals surface area contributed by atoms with Gasteiger partial charge in [-0.2, -0.15) is 0 Å². The van der Waals surface area contributed by atoms with Crippen molar-refractivity contribution in [2.45, 2.75) is 33.6 Å². The van der Waals surface area contributed by atoms with Crippen molar-refractivity contribution in [1.82, 2.24) is 14.8 Å². The van der Waals surface area contributed by atoms with Crippen LogP contribution in [-0.4, -0.2) is 41.6 Å². The average molecular weight is 339 g/mol. The summed E-state index contributed by atoms with van der Waals surface area (Å²) in [6.07, 6.45) is 2.19. The molecule has 1 aliphatic heterocycles. The Morgan fingerprint density at radius 2 is 1.84 bits per heavy atom. The second-order valence-corrected chi connectivity index (χ2v) is 7.00. The number of para-hydroxylation sites is 1. The lowest BCUT2D eigenvalue weighted by Gasteiger charge is -2.32. The second kappa shape index (κ2) is 7.87. The summed E-state index contributed by atoms with van der Waals surface area (Å²) in [5.74, 6) is 0.873. The highest BCUT2D eigenvalue weighted by Gasteiger charge is 2.26. The zero-order valence-electron chi connectivity index (χ0n) is 15.6. The number of benzene rings is 1. The zero-order valence-corrected chi connectivity index (χ0v) is 15.6. The van der Waals surface area contributed by atoms with E-state index in [4.69, 9.17) is 0 Å². The third-order valence-corrected chi connectivity index (χ3v) is 5.26. The number of nitrogens with zero attached hydrogens (tertiary/aromatic N) is 2. The molecule has 1 aromatic carbocycles. The third kappa shape index (κ3) is 3.79. The number of nitrogens with one attached hydrogen (secondary N) is 1. The van der Waals surface area contributed by atoms with Crippen molar-refractivity contribution < 1.29 is 4.79 Å². The van der Waals surface area contributed by atoms with Crippen LogP contribution in [0.4, 0.5) is 0 Å². The lowest BCUT2D eigenvalue weighted by molar-refractivity contribution is 0.0689. The van der Waals surface area contributed by atoms with E-state index in [1.54, 1.807) is 0 Å². The molecular formula is C21H29N3O. The molecule has 1 fully saturated rings. The smallest absolute Gasteiger partial charge is 0.255 e. The van der Waals surface area contributed by atoms with Gasteiger partial charge in [-0.3, -0.25) is 4.79 Å².